The van der Waals surface area contributed by atoms with E-state index in [0.29, 0.717) is 18.5 Å². The summed E-state index contributed by atoms with van der Waals surface area (Å²) in [7, 11) is 2.17. The van der Waals surface area contributed by atoms with E-state index in [0.717, 1.165) is 19.1 Å². The molecular weight excluding hydrogens is 210 g/mol. The second-order valence-corrected chi connectivity index (χ2v) is 5.77. The van der Waals surface area contributed by atoms with Crippen molar-refractivity contribution < 1.29 is 0 Å². The lowest BCUT2D eigenvalue weighted by atomic mass is 10.1. The second kappa shape index (κ2) is 5.84. The predicted molar refractivity (Wildman–Crippen MR) is 69.7 cm³/mol. The molecule has 0 amide bonds. The summed E-state index contributed by atoms with van der Waals surface area (Å²) < 4.78 is 0. The molecular formula is C14H25N3. The van der Waals surface area contributed by atoms with Gasteiger partial charge in [-0.1, -0.05) is 12.8 Å². The summed E-state index contributed by atoms with van der Waals surface area (Å²) in [5.74, 6) is 0. The Labute approximate surface area is 105 Å². The van der Waals surface area contributed by atoms with Gasteiger partial charge < -0.3 is 4.90 Å². The number of likely N-dealkylation sites (N-methyl/N-ethyl adjacent to an activating group) is 1. The molecule has 1 saturated heterocycles. The van der Waals surface area contributed by atoms with Crippen LogP contribution < -0.4 is 0 Å². The molecule has 1 aliphatic heterocycles. The normalized spacial score (nSPS) is 33.5. The number of hydrogen-bond acceptors (Lipinski definition) is 3. The van der Waals surface area contributed by atoms with Crippen molar-refractivity contribution in [3.8, 4) is 6.07 Å². The van der Waals surface area contributed by atoms with Crippen molar-refractivity contribution in [2.24, 2.45) is 0 Å². The van der Waals surface area contributed by atoms with E-state index in [1.54, 1.807) is 0 Å². The van der Waals surface area contributed by atoms with Gasteiger partial charge in [0.2, 0.25) is 0 Å². The first-order chi connectivity index (χ1) is 8.22. The molecule has 3 heteroatoms. The van der Waals surface area contributed by atoms with Gasteiger partial charge in [-0.25, -0.2) is 0 Å². The average Bonchev–Trinajstić information content (AvgIpc) is 2.80. The monoisotopic (exact) mass is 235 g/mol. The molecule has 0 bridgehead atoms. The van der Waals surface area contributed by atoms with E-state index < -0.39 is 0 Å². The van der Waals surface area contributed by atoms with Crippen LogP contribution in [-0.2, 0) is 0 Å². The first-order valence-electron chi connectivity index (χ1n) is 7.05. The third kappa shape index (κ3) is 3.00. The number of nitrogens with zero attached hydrogens (tertiary/aromatic N) is 3. The molecule has 1 saturated carbocycles. The summed E-state index contributed by atoms with van der Waals surface area (Å²) in [6.45, 7) is 4.59. The van der Waals surface area contributed by atoms with Crippen LogP contribution in [-0.4, -0.2) is 48.1 Å². The molecule has 0 spiro atoms. The van der Waals surface area contributed by atoms with E-state index in [9.17, 15) is 0 Å². The van der Waals surface area contributed by atoms with Gasteiger partial charge in [0, 0.05) is 24.7 Å². The van der Waals surface area contributed by atoms with Crippen molar-refractivity contribution in [3.05, 3.63) is 0 Å². The van der Waals surface area contributed by atoms with Gasteiger partial charge in [-0.05, 0) is 39.8 Å². The van der Waals surface area contributed by atoms with Gasteiger partial charge in [-0.3, -0.25) is 4.90 Å². The first-order valence-corrected chi connectivity index (χ1v) is 7.05. The van der Waals surface area contributed by atoms with Crippen molar-refractivity contribution in [2.75, 3.05) is 20.1 Å². The highest BCUT2D eigenvalue weighted by Crippen LogP contribution is 2.28. The molecule has 0 aromatic rings. The molecule has 3 nitrogen and oxygen atoms in total. The fraction of sp³-hybridized carbons (Fsp3) is 0.929. The Bertz CT molecular complexity index is 278. The summed E-state index contributed by atoms with van der Waals surface area (Å²) in [6, 6.07) is 4.26. The van der Waals surface area contributed by atoms with Crippen LogP contribution in [0.2, 0.25) is 0 Å². The summed E-state index contributed by atoms with van der Waals surface area (Å²) in [5, 5.41) is 8.95. The maximum absolute atomic E-state index is 8.95. The van der Waals surface area contributed by atoms with Crippen LogP contribution in [0.5, 0.6) is 0 Å². The standard InChI is InChI=1S/C14H25N3/c1-12-8-10-16(2)14(7-9-15)11-17(12)13-5-3-4-6-13/h12-14H,3-8,10-11H2,1-2H3. The van der Waals surface area contributed by atoms with Crippen LogP contribution in [0.15, 0.2) is 0 Å². The maximum Gasteiger partial charge on any atom is 0.0638 e. The van der Waals surface area contributed by atoms with Gasteiger partial charge >= 0.3 is 0 Å². The molecule has 1 aliphatic carbocycles. The Morgan fingerprint density at radius 3 is 2.59 bits per heavy atom. The van der Waals surface area contributed by atoms with Gasteiger partial charge in [-0.2, -0.15) is 5.26 Å². The average molecular weight is 235 g/mol. The zero-order valence-corrected chi connectivity index (χ0v) is 11.2. The summed E-state index contributed by atoms with van der Waals surface area (Å²) in [4.78, 5) is 5.08. The van der Waals surface area contributed by atoms with Gasteiger partial charge in [0.05, 0.1) is 12.5 Å². The van der Waals surface area contributed by atoms with Crippen molar-refractivity contribution in [1.82, 2.24) is 9.80 Å². The quantitative estimate of drug-likeness (QED) is 0.735. The van der Waals surface area contributed by atoms with E-state index in [1.165, 1.54) is 32.1 Å². The van der Waals surface area contributed by atoms with Crippen molar-refractivity contribution in [3.63, 3.8) is 0 Å². The third-order valence-electron chi connectivity index (χ3n) is 4.63. The highest BCUT2D eigenvalue weighted by atomic mass is 15.3. The molecule has 2 rings (SSSR count). The zero-order valence-electron chi connectivity index (χ0n) is 11.2. The SMILES string of the molecule is CC1CCN(C)C(CC#N)CN1C1CCCC1. The first kappa shape index (κ1) is 12.9. The molecule has 1 heterocycles. The molecule has 2 fully saturated rings. The van der Waals surface area contributed by atoms with Gasteiger partial charge in [0.15, 0.2) is 0 Å². The fourth-order valence-electron chi connectivity index (χ4n) is 3.37. The highest BCUT2D eigenvalue weighted by molar-refractivity contribution is 4.91. The lowest BCUT2D eigenvalue weighted by molar-refractivity contribution is 0.130. The van der Waals surface area contributed by atoms with Gasteiger partial charge in [-0.15, -0.1) is 0 Å². The maximum atomic E-state index is 8.95. The van der Waals surface area contributed by atoms with E-state index in [2.05, 4.69) is 29.8 Å². The highest BCUT2D eigenvalue weighted by Gasteiger charge is 2.32. The van der Waals surface area contributed by atoms with E-state index in [4.69, 9.17) is 5.26 Å². The van der Waals surface area contributed by atoms with Gasteiger partial charge in [0.25, 0.3) is 0 Å². The Morgan fingerprint density at radius 2 is 1.94 bits per heavy atom. The summed E-state index contributed by atoms with van der Waals surface area (Å²) >= 11 is 0. The topological polar surface area (TPSA) is 30.3 Å². The van der Waals surface area contributed by atoms with Crippen LogP contribution in [0.3, 0.4) is 0 Å². The fourth-order valence-corrected chi connectivity index (χ4v) is 3.37. The smallest absolute Gasteiger partial charge is 0.0638 e. The Morgan fingerprint density at radius 1 is 1.24 bits per heavy atom. The minimum absolute atomic E-state index is 0.436. The van der Waals surface area contributed by atoms with Gasteiger partial charge in [0.1, 0.15) is 0 Å². The van der Waals surface area contributed by atoms with Crippen LogP contribution >= 0.6 is 0 Å². The minimum Gasteiger partial charge on any atom is -0.301 e. The Balaban J connectivity index is 2.04. The Kier molecular flexibility index (Phi) is 4.42. The molecule has 2 unspecified atom stereocenters. The molecule has 96 valence electrons. The lowest BCUT2D eigenvalue weighted by Crippen LogP contribution is -2.45. The van der Waals surface area contributed by atoms with Crippen molar-refractivity contribution >= 4 is 0 Å². The molecule has 0 N–H and O–H groups in total. The van der Waals surface area contributed by atoms with Crippen LogP contribution in [0.25, 0.3) is 0 Å². The van der Waals surface area contributed by atoms with Crippen molar-refractivity contribution in [1.29, 1.82) is 5.26 Å². The molecule has 2 atom stereocenters. The second-order valence-electron chi connectivity index (χ2n) is 5.77. The summed E-state index contributed by atoms with van der Waals surface area (Å²) in [5.41, 5.74) is 0. The number of hydrogen-bond donors (Lipinski definition) is 0. The summed E-state index contributed by atoms with van der Waals surface area (Å²) in [6.07, 6.45) is 7.45. The van der Waals surface area contributed by atoms with E-state index in [-0.39, 0.29) is 0 Å². The number of rotatable bonds is 2. The molecule has 0 aromatic heterocycles. The Hall–Kier alpha value is -0.590. The molecule has 0 aromatic carbocycles. The largest absolute Gasteiger partial charge is 0.301 e. The minimum atomic E-state index is 0.436. The van der Waals surface area contributed by atoms with E-state index in [1.807, 2.05) is 0 Å². The van der Waals surface area contributed by atoms with Crippen molar-refractivity contribution in [2.45, 2.75) is 63.6 Å². The lowest BCUT2D eigenvalue weighted by Gasteiger charge is -2.34. The molecule has 2 aliphatic rings. The van der Waals surface area contributed by atoms with Crippen LogP contribution in [0.4, 0.5) is 0 Å². The van der Waals surface area contributed by atoms with Crippen LogP contribution in [0.1, 0.15) is 45.4 Å². The number of nitriles is 1. The zero-order chi connectivity index (χ0) is 12.3. The van der Waals surface area contributed by atoms with E-state index >= 15 is 0 Å². The molecule has 0 radical (unpaired) electrons. The predicted octanol–water partition coefficient (Wildman–Crippen LogP) is 2.24. The third-order valence-corrected chi connectivity index (χ3v) is 4.63. The molecule has 17 heavy (non-hydrogen) atoms. The van der Waals surface area contributed by atoms with Crippen LogP contribution in [0, 0.1) is 11.3 Å².